The van der Waals surface area contributed by atoms with Crippen molar-refractivity contribution in [3.8, 4) is 66.8 Å². The lowest BCUT2D eigenvalue weighted by atomic mass is 10.0. The Morgan fingerprint density at radius 2 is 0.371 bits per heavy atom. The SMILES string of the molecule is c1ccc2c(c1)Cc1c(CSC(SCc3cccc4c3Cc3ccccc3-4)SCC3SC(CSC(SCc4cccc5c4Cc4ccccc4-5)SCc4cccc5c4Cc4ccccc4-5)SC(CSC(SCc4cccc5c4Cc4ccccc4-5)SCc4cccc5c4Cc4ccccc4-5)S3)cccc1-2. The van der Waals surface area contributed by atoms with E-state index in [4.69, 9.17) is 0 Å². The highest BCUT2D eigenvalue weighted by atomic mass is 32.3. The van der Waals surface area contributed by atoms with E-state index in [9.17, 15) is 0 Å². The van der Waals surface area contributed by atoms with Crippen LogP contribution in [-0.4, -0.2) is 42.7 Å². The summed E-state index contributed by atoms with van der Waals surface area (Å²) < 4.78 is 2.49. The molecule has 0 spiro atoms. The van der Waals surface area contributed by atoms with Crippen LogP contribution in [0.4, 0.5) is 0 Å². The van der Waals surface area contributed by atoms with Crippen molar-refractivity contribution in [2.75, 3.05) is 17.3 Å². The van der Waals surface area contributed by atoms with Gasteiger partial charge in [0, 0.05) is 51.8 Å². The van der Waals surface area contributed by atoms with Crippen LogP contribution in [0.2, 0.25) is 0 Å². The van der Waals surface area contributed by atoms with Crippen LogP contribution in [0.5, 0.6) is 0 Å². The number of hydrogen-bond acceptors (Lipinski definition) is 12. The lowest BCUT2D eigenvalue weighted by molar-refractivity contribution is 1.20. The lowest BCUT2D eigenvalue weighted by Crippen LogP contribution is -2.24. The van der Waals surface area contributed by atoms with Gasteiger partial charge in [-0.25, -0.2) is 0 Å². The normalized spacial score (nSPS) is 16.3. The zero-order valence-corrected chi connectivity index (χ0v) is 68.0. The fraction of sp³-hybridized carbons (Fsp3) is 0.226. The van der Waals surface area contributed by atoms with Crippen molar-refractivity contribution in [2.45, 2.75) is 98.5 Å². The second kappa shape index (κ2) is 32.0. The van der Waals surface area contributed by atoms with E-state index in [0.717, 1.165) is 90.3 Å². The molecule has 0 aromatic heterocycles. The number of rotatable bonds is 27. The third-order valence-corrected chi connectivity index (χ3v) is 42.3. The molecule has 0 amide bonds. The molecular formula is C93H78S12. The molecule has 6 aliphatic carbocycles. The minimum Gasteiger partial charge on any atom is -0.135 e. The van der Waals surface area contributed by atoms with Gasteiger partial charge in [-0.05, 0) is 205 Å². The van der Waals surface area contributed by atoms with E-state index < -0.39 is 0 Å². The molecule has 1 saturated heterocycles. The molecule has 522 valence electrons. The summed E-state index contributed by atoms with van der Waals surface area (Å²) in [5, 5.41) is 0. The van der Waals surface area contributed by atoms with Crippen LogP contribution in [0.1, 0.15) is 100 Å². The Balaban J connectivity index is 0.612. The second-order valence-electron chi connectivity index (χ2n) is 28.1. The first kappa shape index (κ1) is 70.2. The Bertz CT molecular complexity index is 4430. The van der Waals surface area contributed by atoms with Crippen molar-refractivity contribution < 1.29 is 0 Å². The van der Waals surface area contributed by atoms with Crippen LogP contribution < -0.4 is 0 Å². The third kappa shape index (κ3) is 14.8. The number of benzene rings is 12. The molecule has 12 aromatic carbocycles. The van der Waals surface area contributed by atoms with Gasteiger partial charge in [0.2, 0.25) is 0 Å². The topological polar surface area (TPSA) is 0 Å². The first-order chi connectivity index (χ1) is 52.0. The number of fused-ring (bicyclic) bond motifs is 18. The first-order valence-corrected chi connectivity index (χ1v) is 48.9. The van der Waals surface area contributed by atoms with Gasteiger partial charge in [-0.2, -0.15) is 0 Å². The van der Waals surface area contributed by atoms with Crippen molar-refractivity contribution in [1.82, 2.24) is 0 Å². The largest absolute Gasteiger partial charge is 0.135 e. The van der Waals surface area contributed by atoms with Gasteiger partial charge in [-0.15, -0.1) is 141 Å². The molecule has 105 heavy (non-hydrogen) atoms. The van der Waals surface area contributed by atoms with Crippen LogP contribution in [-0.2, 0) is 73.0 Å². The van der Waals surface area contributed by atoms with Crippen LogP contribution in [0.3, 0.4) is 0 Å². The molecule has 1 aliphatic heterocycles. The van der Waals surface area contributed by atoms with E-state index in [0.29, 0.717) is 25.5 Å². The second-order valence-corrected chi connectivity index (χ2v) is 45.9. The Labute approximate surface area is 671 Å². The summed E-state index contributed by atoms with van der Waals surface area (Å²) in [7, 11) is 0. The van der Waals surface area contributed by atoms with E-state index in [1.54, 1.807) is 0 Å². The van der Waals surface area contributed by atoms with Crippen LogP contribution >= 0.6 is 141 Å². The average Bonchev–Trinajstić information content (AvgIpc) is 1.67. The van der Waals surface area contributed by atoms with Gasteiger partial charge in [0.1, 0.15) is 0 Å². The molecule has 19 rings (SSSR count). The third-order valence-electron chi connectivity index (χ3n) is 22.0. The lowest BCUT2D eigenvalue weighted by Gasteiger charge is -2.35. The van der Waals surface area contributed by atoms with Gasteiger partial charge >= 0.3 is 0 Å². The Hall–Kier alpha value is -5.16. The smallest absolute Gasteiger partial charge is 0.0963 e. The molecule has 0 saturated carbocycles. The Morgan fingerprint density at radius 1 is 0.200 bits per heavy atom. The van der Waals surface area contributed by atoms with E-state index in [2.05, 4.69) is 396 Å². The van der Waals surface area contributed by atoms with Gasteiger partial charge in [0.15, 0.2) is 0 Å². The molecule has 0 nitrogen and oxygen atoms in total. The fourth-order valence-corrected chi connectivity index (χ4v) is 36.8. The summed E-state index contributed by atoms with van der Waals surface area (Å²) in [5.41, 5.74) is 44.2. The fourth-order valence-electron chi connectivity index (χ4n) is 16.8. The summed E-state index contributed by atoms with van der Waals surface area (Å²) >= 11 is 26.8. The molecule has 0 atom stereocenters. The molecule has 0 radical (unpaired) electrons. The molecule has 7 aliphatic rings. The van der Waals surface area contributed by atoms with Gasteiger partial charge in [-0.3, -0.25) is 0 Å². The van der Waals surface area contributed by atoms with E-state index >= 15 is 0 Å². The first-order valence-electron chi connectivity index (χ1n) is 36.7. The van der Waals surface area contributed by atoms with Crippen molar-refractivity contribution in [2.24, 2.45) is 0 Å². The maximum atomic E-state index is 2.43. The van der Waals surface area contributed by atoms with Crippen LogP contribution in [0.25, 0.3) is 66.8 Å². The molecule has 12 heteroatoms. The van der Waals surface area contributed by atoms with Crippen LogP contribution in [0.15, 0.2) is 255 Å². The zero-order chi connectivity index (χ0) is 69.6. The molecular weight excluding hydrogens is 1500 g/mol. The zero-order valence-electron chi connectivity index (χ0n) is 58.2. The molecule has 0 bridgehead atoms. The molecule has 1 heterocycles. The van der Waals surface area contributed by atoms with Crippen molar-refractivity contribution in [3.63, 3.8) is 0 Å². The van der Waals surface area contributed by atoms with Gasteiger partial charge < -0.3 is 0 Å². The maximum Gasteiger partial charge on any atom is 0.0963 e. The van der Waals surface area contributed by atoms with E-state index in [1.807, 2.05) is 0 Å². The van der Waals surface area contributed by atoms with Crippen LogP contribution in [0, 0.1) is 0 Å². The quantitative estimate of drug-likeness (QED) is 0.0450. The highest BCUT2D eigenvalue weighted by molar-refractivity contribution is 8.37. The molecule has 0 unspecified atom stereocenters. The molecule has 12 aromatic rings. The molecule has 0 N–H and O–H groups in total. The monoisotopic (exact) mass is 1580 g/mol. The maximum absolute atomic E-state index is 2.43. The summed E-state index contributed by atoms with van der Waals surface area (Å²) in [6.07, 6.45) is 6.19. The van der Waals surface area contributed by atoms with Gasteiger partial charge in [-0.1, -0.05) is 255 Å². The van der Waals surface area contributed by atoms with Gasteiger partial charge in [0.05, 0.1) is 25.5 Å². The Morgan fingerprint density at radius 3 is 0.562 bits per heavy atom. The summed E-state index contributed by atoms with van der Waals surface area (Å²) in [4.78, 5) is 0. The summed E-state index contributed by atoms with van der Waals surface area (Å²) in [5.74, 6) is 9.44. The van der Waals surface area contributed by atoms with Crippen molar-refractivity contribution in [3.05, 3.63) is 355 Å². The number of hydrogen-bond donors (Lipinski definition) is 0. The van der Waals surface area contributed by atoms with Crippen molar-refractivity contribution >= 4 is 141 Å². The predicted octanol–water partition coefficient (Wildman–Crippen LogP) is 27.3. The minimum absolute atomic E-state index is 0.369. The predicted molar refractivity (Wildman–Crippen MR) is 479 cm³/mol. The highest BCUT2D eigenvalue weighted by Crippen LogP contribution is 2.56. The standard InChI is InChI=1S/C93H78S12/c1-7-31-70-58(19-1)43-82-64(25-13-37-76(70)82)49-94-91(95-50-65-26-14-38-77-71-32-8-2-20-59(71)44-83(65)77)100-55-88-103-89(56-101-92(96-51-66-27-15-39-78-72-33-9-3-21-60(72)45-84(66)78)97-52-67-28-16-40-79-73-34-10-4-22-61(73)46-85(67)79)105-90(104-88)57-102-93(98-53-68-29-17-41-80-74-35-11-5-23-62(74)47-86(68)80)99-54-69-30-18-42-81-75-36-12-6-24-63(75)48-87(69)81/h1-42,88-93H,43-57H2. The Kier molecular flexibility index (Phi) is 21.4. The summed E-state index contributed by atoms with van der Waals surface area (Å²) in [6, 6.07) is 97.4. The van der Waals surface area contributed by atoms with Gasteiger partial charge in [0.25, 0.3) is 0 Å². The van der Waals surface area contributed by atoms with Crippen molar-refractivity contribution in [1.29, 1.82) is 0 Å². The minimum atomic E-state index is 0.369. The highest BCUT2D eigenvalue weighted by Gasteiger charge is 2.35. The summed E-state index contributed by atoms with van der Waals surface area (Å²) in [6.45, 7) is 0. The van der Waals surface area contributed by atoms with E-state index in [-0.39, 0.29) is 0 Å². The average molecular weight is 1580 g/mol. The molecule has 1 fully saturated rings. The number of thioether (sulfide) groups is 12. The van der Waals surface area contributed by atoms with E-state index in [1.165, 1.54) is 167 Å².